The van der Waals surface area contributed by atoms with E-state index in [0.29, 0.717) is 11.7 Å². The Morgan fingerprint density at radius 2 is 1.90 bits per heavy atom. The molecule has 0 saturated heterocycles. The Kier molecular flexibility index (Phi) is 7.71. The molecule has 1 fully saturated rings. The van der Waals surface area contributed by atoms with Crippen LogP contribution in [0.5, 0.6) is 0 Å². The molecule has 1 aliphatic carbocycles. The van der Waals surface area contributed by atoms with Gasteiger partial charge in [-0.2, -0.15) is 11.8 Å². The zero-order chi connectivity index (χ0) is 15.0. The quantitative estimate of drug-likeness (QED) is 0.449. The van der Waals surface area contributed by atoms with Gasteiger partial charge in [0.15, 0.2) is 0 Å². The Labute approximate surface area is 122 Å². The molecule has 0 aromatic carbocycles. The highest BCUT2D eigenvalue weighted by Crippen LogP contribution is 2.26. The van der Waals surface area contributed by atoms with Gasteiger partial charge in [0.05, 0.1) is 0 Å². The number of nitrogens with two attached hydrogens (primary N) is 1. The van der Waals surface area contributed by atoms with Crippen molar-refractivity contribution >= 4 is 23.8 Å². The van der Waals surface area contributed by atoms with Crippen molar-refractivity contribution in [3.8, 4) is 0 Å². The van der Waals surface area contributed by atoms with Gasteiger partial charge >= 0.3 is 6.09 Å². The molecule has 6 N–H and O–H groups in total. The van der Waals surface area contributed by atoms with Crippen molar-refractivity contribution in [1.82, 2.24) is 10.9 Å². The second-order valence-corrected chi connectivity index (χ2v) is 6.14. The number of rotatable bonds is 6. The van der Waals surface area contributed by atoms with Gasteiger partial charge in [-0.1, -0.05) is 19.3 Å². The summed E-state index contributed by atoms with van der Waals surface area (Å²) in [5.74, 6) is 1.34. The molecule has 0 aliphatic heterocycles. The van der Waals surface area contributed by atoms with Crippen LogP contribution in [0.2, 0.25) is 0 Å². The van der Waals surface area contributed by atoms with Gasteiger partial charge in [-0.05, 0) is 24.5 Å². The van der Waals surface area contributed by atoms with Gasteiger partial charge in [0.1, 0.15) is 6.10 Å². The van der Waals surface area contributed by atoms with Gasteiger partial charge in [0.2, 0.25) is 0 Å². The van der Waals surface area contributed by atoms with Crippen LogP contribution in [-0.4, -0.2) is 45.9 Å². The lowest BCUT2D eigenvalue weighted by atomic mass is 9.91. The number of carboxylic acid groups (broad SMARTS) is 1. The van der Waals surface area contributed by atoms with E-state index in [2.05, 4.69) is 0 Å². The first-order valence-corrected chi connectivity index (χ1v) is 7.96. The predicted molar refractivity (Wildman–Crippen MR) is 77.2 cm³/mol. The number of aliphatic hydroxyl groups is 1. The van der Waals surface area contributed by atoms with Crippen molar-refractivity contribution in [3.63, 3.8) is 0 Å². The number of thioether (sulfide) groups is 1. The van der Waals surface area contributed by atoms with Gasteiger partial charge in [-0.15, -0.1) is 0 Å². The smallest absolute Gasteiger partial charge is 0.423 e. The number of aliphatic hydroxyl groups excluding tert-OH is 1. The second-order valence-electron chi connectivity index (χ2n) is 5.07. The average molecular weight is 305 g/mol. The Hall–Kier alpha value is -0.990. The summed E-state index contributed by atoms with van der Waals surface area (Å²) in [5.41, 5.74) is 9.29. The van der Waals surface area contributed by atoms with E-state index in [1.54, 1.807) is 17.2 Å². The molecular formula is C12H23N3O4S. The van der Waals surface area contributed by atoms with Crippen molar-refractivity contribution in [2.75, 3.05) is 11.5 Å². The highest BCUT2D eigenvalue weighted by molar-refractivity contribution is 7.99. The maximum Gasteiger partial charge on any atom is 0.423 e. The predicted octanol–water partition coefficient (Wildman–Crippen LogP) is 0.287. The van der Waals surface area contributed by atoms with Crippen LogP contribution in [0.4, 0.5) is 4.79 Å². The molecule has 1 saturated carbocycles. The monoisotopic (exact) mass is 305 g/mol. The fourth-order valence-electron chi connectivity index (χ4n) is 2.20. The van der Waals surface area contributed by atoms with Crippen LogP contribution in [0.3, 0.4) is 0 Å². The van der Waals surface area contributed by atoms with E-state index in [-0.39, 0.29) is 0 Å². The molecule has 20 heavy (non-hydrogen) atoms. The third kappa shape index (κ3) is 6.44. The molecule has 0 heterocycles. The van der Waals surface area contributed by atoms with Crippen molar-refractivity contribution in [2.24, 2.45) is 11.7 Å². The summed E-state index contributed by atoms with van der Waals surface area (Å²) in [6.45, 7) is 0. The van der Waals surface area contributed by atoms with Crippen molar-refractivity contribution in [3.05, 3.63) is 0 Å². The second kappa shape index (κ2) is 9.04. The molecule has 1 aliphatic rings. The highest BCUT2D eigenvalue weighted by atomic mass is 32.2. The minimum atomic E-state index is -1.42. The summed E-state index contributed by atoms with van der Waals surface area (Å²) in [4.78, 5) is 21.6. The SMILES string of the molecule is N[C@H](CSCC1CCCCC1)C(O)C(=O)NNC(=O)O. The molecule has 0 radical (unpaired) electrons. The molecule has 0 spiro atoms. The molecule has 116 valence electrons. The number of carbonyl (C=O) groups excluding carboxylic acids is 1. The van der Waals surface area contributed by atoms with Crippen molar-refractivity contribution in [1.29, 1.82) is 0 Å². The largest absolute Gasteiger partial charge is 0.464 e. The number of amides is 2. The Bertz CT molecular complexity index is 324. The number of carbonyl (C=O) groups is 2. The summed E-state index contributed by atoms with van der Waals surface area (Å²) < 4.78 is 0. The minimum Gasteiger partial charge on any atom is -0.464 e. The van der Waals surface area contributed by atoms with Crippen LogP contribution in [0, 0.1) is 5.92 Å². The van der Waals surface area contributed by atoms with E-state index < -0.39 is 24.1 Å². The molecular weight excluding hydrogens is 282 g/mol. The maximum absolute atomic E-state index is 11.4. The molecule has 8 heteroatoms. The van der Waals surface area contributed by atoms with Crippen molar-refractivity contribution in [2.45, 2.75) is 44.2 Å². The molecule has 1 unspecified atom stereocenters. The molecule has 0 aromatic rings. The van der Waals surface area contributed by atoms with Crippen LogP contribution in [0.1, 0.15) is 32.1 Å². The lowest BCUT2D eigenvalue weighted by Gasteiger charge is -2.22. The Morgan fingerprint density at radius 3 is 2.50 bits per heavy atom. The lowest BCUT2D eigenvalue weighted by Crippen LogP contribution is -2.52. The minimum absolute atomic E-state index is 0.470. The first-order chi connectivity index (χ1) is 9.50. The van der Waals surface area contributed by atoms with E-state index >= 15 is 0 Å². The van der Waals surface area contributed by atoms with E-state index in [4.69, 9.17) is 10.8 Å². The summed E-state index contributed by atoms with van der Waals surface area (Å²) in [6.07, 6.45) is 3.55. The first-order valence-electron chi connectivity index (χ1n) is 6.81. The first kappa shape index (κ1) is 17.1. The molecule has 1 rings (SSSR count). The van der Waals surface area contributed by atoms with E-state index in [0.717, 1.165) is 5.75 Å². The normalized spacial score (nSPS) is 19.1. The third-order valence-corrected chi connectivity index (χ3v) is 4.68. The Balaban J connectivity index is 2.18. The van der Waals surface area contributed by atoms with E-state index in [9.17, 15) is 14.7 Å². The number of nitrogens with one attached hydrogen (secondary N) is 2. The van der Waals surface area contributed by atoms with Gasteiger partial charge < -0.3 is 15.9 Å². The van der Waals surface area contributed by atoms with Crippen LogP contribution in [-0.2, 0) is 4.79 Å². The fraction of sp³-hybridized carbons (Fsp3) is 0.833. The molecule has 7 nitrogen and oxygen atoms in total. The summed E-state index contributed by atoms with van der Waals surface area (Å²) in [7, 11) is 0. The Morgan fingerprint density at radius 1 is 1.25 bits per heavy atom. The highest BCUT2D eigenvalue weighted by Gasteiger charge is 2.23. The summed E-state index contributed by atoms with van der Waals surface area (Å²) >= 11 is 1.64. The zero-order valence-electron chi connectivity index (χ0n) is 11.4. The topological polar surface area (TPSA) is 125 Å². The average Bonchev–Trinajstić information content (AvgIpc) is 2.44. The van der Waals surface area contributed by atoms with Gasteiger partial charge in [0.25, 0.3) is 5.91 Å². The molecule has 2 amide bonds. The zero-order valence-corrected chi connectivity index (χ0v) is 12.2. The summed E-state index contributed by atoms with van der Waals surface area (Å²) in [6, 6.07) is -0.709. The van der Waals surface area contributed by atoms with Crippen LogP contribution in [0.15, 0.2) is 0 Å². The third-order valence-electron chi connectivity index (χ3n) is 3.36. The van der Waals surface area contributed by atoms with Crippen molar-refractivity contribution < 1.29 is 19.8 Å². The molecule has 0 bridgehead atoms. The standard InChI is InChI=1S/C12H23N3O4S/c13-9(10(16)11(17)14-15-12(18)19)7-20-6-8-4-2-1-3-5-8/h8-10,15-16H,1-7,13H2,(H,14,17)(H,18,19)/t9-,10?/m1/s1. The van der Waals surface area contributed by atoms with Gasteiger partial charge in [0, 0.05) is 11.8 Å². The van der Waals surface area contributed by atoms with E-state index in [1.165, 1.54) is 32.1 Å². The molecule has 0 aromatic heterocycles. The van der Waals surface area contributed by atoms with Crippen LogP contribution >= 0.6 is 11.8 Å². The van der Waals surface area contributed by atoms with Gasteiger partial charge in [-0.3, -0.25) is 10.2 Å². The number of hydrogen-bond donors (Lipinski definition) is 5. The van der Waals surface area contributed by atoms with Crippen LogP contribution in [0.25, 0.3) is 0 Å². The van der Waals surface area contributed by atoms with Gasteiger partial charge in [-0.25, -0.2) is 10.2 Å². The summed E-state index contributed by atoms with van der Waals surface area (Å²) in [5, 5.41) is 18.0. The fourth-order valence-corrected chi connectivity index (χ4v) is 3.46. The number of hydrogen-bond acceptors (Lipinski definition) is 5. The molecule has 2 atom stereocenters. The lowest BCUT2D eigenvalue weighted by molar-refractivity contribution is -0.130. The van der Waals surface area contributed by atoms with Crippen LogP contribution < -0.4 is 16.6 Å². The maximum atomic E-state index is 11.4. The number of hydrazine groups is 1. The van der Waals surface area contributed by atoms with E-state index in [1.807, 2.05) is 5.43 Å².